The molecule has 1 aliphatic heterocycles. The average Bonchev–Trinajstić information content (AvgIpc) is 2.98. The Morgan fingerprint density at radius 2 is 1.72 bits per heavy atom. The molecule has 2 heterocycles. The van der Waals surface area contributed by atoms with Crippen molar-refractivity contribution >= 4 is 42.4 Å². The molecule has 1 fully saturated rings. The van der Waals surface area contributed by atoms with Crippen LogP contribution in [0.3, 0.4) is 0 Å². The number of carbonyl (C=O) groups excluding carboxylic acids is 1. The Kier molecular flexibility index (Phi) is 9.42. The second-order valence-corrected chi connectivity index (χ2v) is 8.09. The van der Waals surface area contributed by atoms with Crippen LogP contribution in [0.25, 0.3) is 0 Å². The highest BCUT2D eigenvalue weighted by atomic mass is 35.5. The van der Waals surface area contributed by atoms with Crippen LogP contribution in [0.5, 0.6) is 0 Å². The predicted octanol–water partition coefficient (Wildman–Crippen LogP) is 3.61. The van der Waals surface area contributed by atoms with E-state index >= 15 is 0 Å². The Morgan fingerprint density at radius 1 is 1.10 bits per heavy atom. The highest BCUT2D eigenvalue weighted by Gasteiger charge is 2.19. The molecule has 29 heavy (non-hydrogen) atoms. The van der Waals surface area contributed by atoms with Gasteiger partial charge in [0.05, 0.1) is 5.69 Å². The molecule has 3 N–H and O–H groups in total. The van der Waals surface area contributed by atoms with Crippen molar-refractivity contribution in [3.8, 4) is 0 Å². The molecule has 0 saturated carbocycles. The van der Waals surface area contributed by atoms with Crippen LogP contribution in [0, 0.1) is 0 Å². The van der Waals surface area contributed by atoms with Crippen LogP contribution in [0.2, 0.25) is 0 Å². The van der Waals surface area contributed by atoms with Crippen molar-refractivity contribution in [3.05, 3.63) is 41.6 Å². The van der Waals surface area contributed by atoms with Crippen LogP contribution in [0.15, 0.2) is 30.3 Å². The minimum absolute atomic E-state index is 0. The van der Waals surface area contributed by atoms with E-state index in [2.05, 4.69) is 58.9 Å². The number of piperazine rings is 1. The van der Waals surface area contributed by atoms with Crippen molar-refractivity contribution in [2.24, 2.45) is 7.05 Å². The van der Waals surface area contributed by atoms with Crippen molar-refractivity contribution < 1.29 is 4.79 Å². The topological polar surface area (TPSA) is 74.2 Å². The van der Waals surface area contributed by atoms with E-state index in [1.165, 1.54) is 5.56 Å². The van der Waals surface area contributed by atoms with Gasteiger partial charge in [0.25, 0.3) is 0 Å². The van der Waals surface area contributed by atoms with E-state index in [-0.39, 0.29) is 36.3 Å². The van der Waals surface area contributed by atoms with Crippen LogP contribution < -0.4 is 16.0 Å². The van der Waals surface area contributed by atoms with Gasteiger partial charge in [-0.05, 0) is 17.7 Å². The molecule has 0 atom stereocenters. The molecular formula is C20H32Cl2N6O. The lowest BCUT2D eigenvalue weighted by Crippen LogP contribution is -2.42. The fourth-order valence-electron chi connectivity index (χ4n) is 3.05. The van der Waals surface area contributed by atoms with E-state index in [1.807, 2.05) is 25.2 Å². The number of aryl methyl sites for hydroxylation is 1. The molecule has 1 aromatic heterocycles. The van der Waals surface area contributed by atoms with Gasteiger partial charge in [0.1, 0.15) is 5.82 Å². The van der Waals surface area contributed by atoms with Gasteiger partial charge >= 0.3 is 6.03 Å². The van der Waals surface area contributed by atoms with Crippen LogP contribution in [-0.2, 0) is 19.0 Å². The summed E-state index contributed by atoms with van der Waals surface area (Å²) in [6, 6.07) is 9.67. The molecule has 1 aliphatic rings. The van der Waals surface area contributed by atoms with Crippen molar-refractivity contribution in [3.63, 3.8) is 0 Å². The smallest absolute Gasteiger partial charge is 0.314 e. The molecular weight excluding hydrogens is 411 g/mol. The number of urea groups is 1. The molecule has 0 unspecified atom stereocenters. The molecule has 0 radical (unpaired) electrons. The number of benzene rings is 1. The van der Waals surface area contributed by atoms with Gasteiger partial charge in [0.2, 0.25) is 0 Å². The number of carbonyl (C=O) groups is 1. The number of hydrogen-bond acceptors (Lipinski definition) is 4. The monoisotopic (exact) mass is 442 g/mol. The normalized spacial score (nSPS) is 14.5. The zero-order chi connectivity index (χ0) is 19.4. The van der Waals surface area contributed by atoms with Gasteiger partial charge in [-0.3, -0.25) is 14.9 Å². The Bertz CT molecular complexity index is 779. The van der Waals surface area contributed by atoms with E-state index in [0.717, 1.165) is 44.1 Å². The zero-order valence-corrected chi connectivity index (χ0v) is 19.1. The average molecular weight is 443 g/mol. The maximum absolute atomic E-state index is 12.3. The first-order valence-electron chi connectivity index (χ1n) is 9.46. The van der Waals surface area contributed by atoms with Crippen molar-refractivity contribution in [2.45, 2.75) is 32.7 Å². The molecule has 2 aromatic rings. The summed E-state index contributed by atoms with van der Waals surface area (Å²) in [5.41, 5.74) is 2.91. The quantitative estimate of drug-likeness (QED) is 0.675. The molecule has 0 aliphatic carbocycles. The Balaban J connectivity index is 0.00000210. The molecule has 2 amide bonds. The van der Waals surface area contributed by atoms with Crippen LogP contribution in [-0.4, -0.2) is 46.9 Å². The Hall–Kier alpha value is -1.80. The molecule has 1 aromatic carbocycles. The second-order valence-electron chi connectivity index (χ2n) is 8.09. The number of rotatable bonds is 4. The molecule has 7 nitrogen and oxygen atoms in total. The number of aromatic nitrogens is 2. The Morgan fingerprint density at radius 3 is 2.28 bits per heavy atom. The maximum atomic E-state index is 12.3. The number of nitrogens with zero attached hydrogens (tertiary/aromatic N) is 3. The van der Waals surface area contributed by atoms with Crippen molar-refractivity contribution in [1.82, 2.24) is 20.0 Å². The summed E-state index contributed by atoms with van der Waals surface area (Å²) >= 11 is 0. The highest BCUT2D eigenvalue weighted by molar-refractivity contribution is 5.99. The van der Waals surface area contributed by atoms with Gasteiger partial charge in [0, 0.05) is 56.9 Å². The van der Waals surface area contributed by atoms with Crippen LogP contribution in [0.4, 0.5) is 16.3 Å². The van der Waals surface area contributed by atoms with Gasteiger partial charge in [-0.15, -0.1) is 24.8 Å². The largest absolute Gasteiger partial charge is 0.324 e. The minimum Gasteiger partial charge on any atom is -0.314 e. The van der Waals surface area contributed by atoms with E-state index in [0.29, 0.717) is 5.82 Å². The number of anilines is 2. The summed E-state index contributed by atoms with van der Waals surface area (Å²) < 4.78 is 1.69. The van der Waals surface area contributed by atoms with E-state index in [9.17, 15) is 4.79 Å². The summed E-state index contributed by atoms with van der Waals surface area (Å²) in [7, 11) is 1.83. The summed E-state index contributed by atoms with van der Waals surface area (Å²) in [6.07, 6.45) is 0. The highest BCUT2D eigenvalue weighted by Crippen LogP contribution is 2.23. The minimum atomic E-state index is -0.270. The number of amides is 2. The summed E-state index contributed by atoms with van der Waals surface area (Å²) in [6.45, 7) is 11.5. The van der Waals surface area contributed by atoms with E-state index in [1.54, 1.807) is 4.68 Å². The van der Waals surface area contributed by atoms with Crippen molar-refractivity contribution in [1.29, 1.82) is 0 Å². The molecule has 0 spiro atoms. The predicted molar refractivity (Wildman–Crippen MR) is 124 cm³/mol. The van der Waals surface area contributed by atoms with Gasteiger partial charge in [-0.1, -0.05) is 32.9 Å². The first kappa shape index (κ1) is 25.2. The fraction of sp³-hybridized carbons (Fsp3) is 0.500. The van der Waals surface area contributed by atoms with Crippen LogP contribution >= 0.6 is 24.8 Å². The zero-order valence-electron chi connectivity index (χ0n) is 17.5. The molecule has 3 rings (SSSR count). The van der Waals surface area contributed by atoms with Gasteiger partial charge < -0.3 is 10.6 Å². The van der Waals surface area contributed by atoms with Gasteiger partial charge in [-0.2, -0.15) is 5.10 Å². The third kappa shape index (κ3) is 7.19. The third-order valence-electron chi connectivity index (χ3n) is 4.72. The SMILES string of the molecule is Cl.Cl.Cn1nc(C(C)(C)C)cc1NC(=O)Nc1ccc(CN2CCNCC2)cc1. The summed E-state index contributed by atoms with van der Waals surface area (Å²) in [5.74, 6) is 0.674. The molecule has 1 saturated heterocycles. The molecule has 9 heteroatoms. The van der Waals surface area contributed by atoms with Crippen LogP contribution in [0.1, 0.15) is 32.0 Å². The van der Waals surface area contributed by atoms with Crippen molar-refractivity contribution in [2.75, 3.05) is 36.8 Å². The lowest BCUT2D eigenvalue weighted by atomic mass is 9.92. The number of nitrogens with one attached hydrogen (secondary N) is 3. The molecule has 0 bridgehead atoms. The standard InChI is InChI=1S/C20H30N6O.2ClH/c1-20(2,3)17-13-18(25(4)24-17)23-19(27)22-16-7-5-15(6-8-16)14-26-11-9-21-10-12-26;;/h5-8,13,21H,9-12,14H2,1-4H3,(H2,22,23,27);2*1H. The Labute approximate surface area is 185 Å². The first-order valence-corrected chi connectivity index (χ1v) is 9.46. The molecule has 162 valence electrons. The second kappa shape index (κ2) is 10.8. The van der Waals surface area contributed by atoms with E-state index < -0.39 is 0 Å². The first-order chi connectivity index (χ1) is 12.8. The summed E-state index contributed by atoms with van der Waals surface area (Å²) in [4.78, 5) is 14.7. The lowest BCUT2D eigenvalue weighted by molar-refractivity contribution is 0.233. The number of hydrogen-bond donors (Lipinski definition) is 3. The summed E-state index contributed by atoms with van der Waals surface area (Å²) in [5, 5.41) is 13.6. The fourth-order valence-corrected chi connectivity index (χ4v) is 3.05. The number of halogens is 2. The van der Waals surface area contributed by atoms with Gasteiger partial charge in [-0.25, -0.2) is 4.79 Å². The van der Waals surface area contributed by atoms with E-state index in [4.69, 9.17) is 0 Å². The third-order valence-corrected chi connectivity index (χ3v) is 4.72. The lowest BCUT2D eigenvalue weighted by Gasteiger charge is -2.27. The van der Waals surface area contributed by atoms with Gasteiger partial charge in [0.15, 0.2) is 0 Å². The maximum Gasteiger partial charge on any atom is 0.324 e.